The molecule has 4 rings (SSSR count). The Morgan fingerprint density at radius 2 is 1.48 bits per heavy atom. The average Bonchev–Trinajstić information content (AvgIpc) is 3.45. The van der Waals surface area contributed by atoms with Gasteiger partial charge in [0.05, 0.1) is 17.5 Å². The Kier molecular flexibility index (Phi) is 11.4. The van der Waals surface area contributed by atoms with Gasteiger partial charge in [0.1, 0.15) is 24.2 Å². The molecule has 2 heterocycles. The number of fused-ring (bicyclic) bond motifs is 2. The summed E-state index contributed by atoms with van der Waals surface area (Å²) in [5.74, 6) is -5.16. The zero-order valence-corrected chi connectivity index (χ0v) is 26.8. The van der Waals surface area contributed by atoms with Crippen LogP contribution in [0.4, 0.5) is 0 Å². The lowest BCUT2D eigenvalue weighted by molar-refractivity contribution is -0.140. The molecule has 0 fully saturated rings. The summed E-state index contributed by atoms with van der Waals surface area (Å²) < 4.78 is 0. The van der Waals surface area contributed by atoms with Crippen molar-refractivity contribution in [3.05, 3.63) is 78.1 Å². The van der Waals surface area contributed by atoms with Crippen LogP contribution >= 0.6 is 0 Å². The molecule has 0 spiro atoms. The number of H-pyrrole nitrogens is 1. The fraction of sp³-hybridized carbons (Fsp3) is 0.324. The number of nitrogens with one attached hydrogen (secondary N) is 5. The molecule has 14 heteroatoms. The average molecular weight is 658 g/mol. The number of para-hydroxylation sites is 2. The predicted octanol–water partition coefficient (Wildman–Crippen LogP) is 1.54. The summed E-state index contributed by atoms with van der Waals surface area (Å²) in [7, 11) is 0. The predicted molar refractivity (Wildman–Crippen MR) is 177 cm³/mol. The van der Waals surface area contributed by atoms with Crippen LogP contribution in [0.15, 0.2) is 67.0 Å². The van der Waals surface area contributed by atoms with Crippen LogP contribution in [-0.2, 0) is 30.4 Å². The van der Waals surface area contributed by atoms with E-state index in [4.69, 9.17) is 5.73 Å². The molecular formula is C34H39N7O7. The standard InChI is InChI=1S/C34H39N7O7/c1-18(2)12-27(40-31(45)19(3)38-32(46)22-13-20-8-4-6-10-24(20)36-17-22)33(47)41-28(34(48)39-26(30(35)44)15-29(42)43)14-21-16-37-25-11-7-5-9-23(21)25/h4-11,13,16-19,26-28,37H,12,14-15H2,1-3H3,(H2,35,44)(H,38,46)(H,39,48)(H,40,45)(H,41,47)(H,42,43)/t19-,26-,27-,28-/m0/s1. The van der Waals surface area contributed by atoms with Crippen molar-refractivity contribution < 1.29 is 33.9 Å². The molecule has 0 saturated carbocycles. The number of carboxylic acids is 1. The zero-order chi connectivity index (χ0) is 35.0. The van der Waals surface area contributed by atoms with E-state index in [0.717, 1.165) is 16.3 Å². The normalized spacial score (nSPS) is 13.7. The van der Waals surface area contributed by atoms with E-state index in [0.29, 0.717) is 11.1 Å². The minimum atomic E-state index is -1.52. The van der Waals surface area contributed by atoms with Crippen molar-refractivity contribution in [3.8, 4) is 0 Å². The Morgan fingerprint density at radius 1 is 0.833 bits per heavy atom. The van der Waals surface area contributed by atoms with E-state index in [1.807, 2.05) is 62.4 Å². The highest BCUT2D eigenvalue weighted by atomic mass is 16.4. The largest absolute Gasteiger partial charge is 0.481 e. The number of nitrogens with two attached hydrogens (primary N) is 1. The molecule has 0 aliphatic heterocycles. The van der Waals surface area contributed by atoms with Gasteiger partial charge in [0.2, 0.25) is 23.6 Å². The highest BCUT2D eigenvalue weighted by molar-refractivity contribution is 6.00. The highest BCUT2D eigenvalue weighted by Gasteiger charge is 2.32. The maximum atomic E-state index is 13.7. The smallest absolute Gasteiger partial charge is 0.305 e. The number of primary amides is 1. The Hall–Kier alpha value is -5.79. The first-order valence-corrected chi connectivity index (χ1v) is 15.4. The maximum Gasteiger partial charge on any atom is 0.305 e. The third-order valence-corrected chi connectivity index (χ3v) is 7.70. The van der Waals surface area contributed by atoms with Crippen LogP contribution in [0.2, 0.25) is 0 Å². The van der Waals surface area contributed by atoms with Crippen molar-refractivity contribution in [2.45, 2.75) is 64.2 Å². The van der Waals surface area contributed by atoms with Gasteiger partial charge in [-0.1, -0.05) is 50.2 Å². The molecule has 0 unspecified atom stereocenters. The summed E-state index contributed by atoms with van der Waals surface area (Å²) in [6, 6.07) is 11.3. The molecule has 4 aromatic rings. The maximum absolute atomic E-state index is 13.7. The number of hydrogen-bond donors (Lipinski definition) is 7. The van der Waals surface area contributed by atoms with Gasteiger partial charge in [-0.15, -0.1) is 0 Å². The van der Waals surface area contributed by atoms with E-state index in [9.17, 15) is 33.9 Å². The molecular weight excluding hydrogens is 618 g/mol. The number of carbonyl (C=O) groups excluding carboxylic acids is 5. The van der Waals surface area contributed by atoms with E-state index < -0.39 is 66.1 Å². The van der Waals surface area contributed by atoms with Gasteiger partial charge in [-0.3, -0.25) is 33.8 Å². The summed E-state index contributed by atoms with van der Waals surface area (Å²) in [4.78, 5) is 84.0. The summed E-state index contributed by atoms with van der Waals surface area (Å²) in [6.45, 7) is 5.18. The molecule has 0 radical (unpaired) electrons. The number of pyridine rings is 1. The van der Waals surface area contributed by atoms with Gasteiger partial charge in [-0.05, 0) is 43.0 Å². The SMILES string of the molecule is CC(C)C[C@H](NC(=O)[C@H](C)NC(=O)c1cnc2ccccc2c1)C(=O)N[C@@H](Cc1c[nH]c2ccccc12)C(=O)N[C@@H](CC(=O)O)C(N)=O. The lowest BCUT2D eigenvalue weighted by atomic mass is 10.00. The molecule has 48 heavy (non-hydrogen) atoms. The minimum absolute atomic E-state index is 0.0330. The number of hydrogen-bond acceptors (Lipinski definition) is 7. The van der Waals surface area contributed by atoms with Crippen molar-refractivity contribution in [3.63, 3.8) is 0 Å². The second kappa shape index (κ2) is 15.7. The summed E-state index contributed by atoms with van der Waals surface area (Å²) in [5, 5.41) is 21.1. The van der Waals surface area contributed by atoms with E-state index in [-0.39, 0.29) is 24.3 Å². The fourth-order valence-corrected chi connectivity index (χ4v) is 5.21. The van der Waals surface area contributed by atoms with Crippen LogP contribution in [0.1, 0.15) is 49.5 Å². The number of carboxylic acid groups (broad SMARTS) is 1. The second-order valence-corrected chi connectivity index (χ2v) is 12.0. The quantitative estimate of drug-likeness (QED) is 0.0990. The van der Waals surface area contributed by atoms with E-state index in [2.05, 4.69) is 31.2 Å². The third-order valence-electron chi connectivity index (χ3n) is 7.70. The van der Waals surface area contributed by atoms with E-state index >= 15 is 0 Å². The third kappa shape index (κ3) is 9.15. The number of rotatable bonds is 15. The topological polar surface area (TPSA) is 225 Å². The minimum Gasteiger partial charge on any atom is -0.481 e. The van der Waals surface area contributed by atoms with Gasteiger partial charge in [0, 0.05) is 35.1 Å². The molecule has 2 aromatic heterocycles. The Balaban J connectivity index is 1.51. The highest BCUT2D eigenvalue weighted by Crippen LogP contribution is 2.20. The number of aromatic amines is 1. The molecule has 5 amide bonds. The first-order valence-electron chi connectivity index (χ1n) is 15.4. The Morgan fingerprint density at radius 3 is 2.19 bits per heavy atom. The van der Waals surface area contributed by atoms with Gasteiger partial charge in [-0.2, -0.15) is 0 Å². The number of nitrogens with zero attached hydrogens (tertiary/aromatic N) is 1. The molecule has 0 saturated heterocycles. The molecule has 0 aliphatic rings. The molecule has 0 aliphatic carbocycles. The number of carbonyl (C=O) groups is 6. The van der Waals surface area contributed by atoms with E-state index in [1.165, 1.54) is 13.1 Å². The monoisotopic (exact) mass is 657 g/mol. The van der Waals surface area contributed by atoms with Crippen LogP contribution in [0.5, 0.6) is 0 Å². The van der Waals surface area contributed by atoms with E-state index in [1.54, 1.807) is 12.3 Å². The zero-order valence-electron chi connectivity index (χ0n) is 26.8. The van der Waals surface area contributed by atoms with Crippen molar-refractivity contribution in [2.75, 3.05) is 0 Å². The molecule has 252 valence electrons. The fourth-order valence-electron chi connectivity index (χ4n) is 5.21. The van der Waals surface area contributed by atoms with Gasteiger partial charge in [-0.25, -0.2) is 0 Å². The van der Waals surface area contributed by atoms with Crippen molar-refractivity contribution in [1.29, 1.82) is 0 Å². The summed E-state index contributed by atoms with van der Waals surface area (Å²) in [5.41, 5.74) is 7.77. The van der Waals surface area contributed by atoms with Gasteiger partial charge in [0.25, 0.3) is 5.91 Å². The molecule has 14 nitrogen and oxygen atoms in total. The first-order chi connectivity index (χ1) is 22.8. The van der Waals surface area contributed by atoms with Crippen LogP contribution in [-0.4, -0.2) is 74.7 Å². The first kappa shape index (κ1) is 35.1. The van der Waals surface area contributed by atoms with Crippen LogP contribution in [0.25, 0.3) is 21.8 Å². The summed E-state index contributed by atoms with van der Waals surface area (Å²) >= 11 is 0. The Bertz CT molecular complexity index is 1840. The van der Waals surface area contributed by atoms with Crippen molar-refractivity contribution in [1.82, 2.24) is 31.2 Å². The Labute approximate surface area is 276 Å². The van der Waals surface area contributed by atoms with Crippen LogP contribution in [0, 0.1) is 5.92 Å². The number of aromatic nitrogens is 2. The summed E-state index contributed by atoms with van der Waals surface area (Å²) in [6.07, 6.45) is 2.50. The second-order valence-electron chi connectivity index (χ2n) is 12.0. The van der Waals surface area contributed by atoms with Crippen LogP contribution < -0.4 is 27.0 Å². The van der Waals surface area contributed by atoms with Crippen LogP contribution in [0.3, 0.4) is 0 Å². The molecule has 2 aromatic carbocycles. The molecule has 8 N–H and O–H groups in total. The van der Waals surface area contributed by atoms with Gasteiger partial charge < -0.3 is 37.1 Å². The lowest BCUT2D eigenvalue weighted by Crippen LogP contribution is -2.58. The number of aliphatic carboxylic acids is 1. The van der Waals surface area contributed by atoms with Crippen molar-refractivity contribution in [2.24, 2.45) is 11.7 Å². The lowest BCUT2D eigenvalue weighted by Gasteiger charge is -2.26. The molecule has 0 bridgehead atoms. The van der Waals surface area contributed by atoms with Crippen molar-refractivity contribution >= 4 is 57.3 Å². The van der Waals surface area contributed by atoms with Gasteiger partial charge >= 0.3 is 5.97 Å². The number of amides is 5. The number of benzene rings is 2. The molecule has 4 atom stereocenters. The van der Waals surface area contributed by atoms with Gasteiger partial charge in [0.15, 0.2) is 0 Å².